The first-order valence-electron chi connectivity index (χ1n) is 14.3. The molecule has 0 radical (unpaired) electrons. The molecular weight excluding hydrogens is 542 g/mol. The Hall–Kier alpha value is -6.25. The van der Waals surface area contributed by atoms with Crippen LogP contribution in [0.5, 0.6) is 0 Å². The van der Waals surface area contributed by atoms with Gasteiger partial charge in [0.2, 0.25) is 0 Å². The largest absolute Gasteiger partial charge is 0.308 e. The predicted molar refractivity (Wildman–Crippen MR) is 174 cm³/mol. The van der Waals surface area contributed by atoms with Gasteiger partial charge >= 0.3 is 0 Å². The number of hydrogen-bond donors (Lipinski definition) is 0. The Kier molecular flexibility index (Phi) is 5.75. The highest BCUT2D eigenvalue weighted by Crippen LogP contribution is 2.39. The van der Waals surface area contributed by atoms with Crippen LogP contribution in [0.25, 0.3) is 49.7 Å². The van der Waals surface area contributed by atoms with Gasteiger partial charge in [-0.2, -0.15) is 5.26 Å². The number of carbonyl (C=O) groups is 2. The van der Waals surface area contributed by atoms with Gasteiger partial charge in [-0.3, -0.25) is 9.59 Å². The molecule has 0 atom stereocenters. The zero-order valence-corrected chi connectivity index (χ0v) is 23.4. The van der Waals surface area contributed by atoms with Crippen molar-refractivity contribution in [2.45, 2.75) is 0 Å². The lowest BCUT2D eigenvalue weighted by Crippen LogP contribution is -2.29. The van der Waals surface area contributed by atoms with Crippen molar-refractivity contribution in [3.8, 4) is 34.0 Å². The Labute approximate surface area is 253 Å². The van der Waals surface area contributed by atoms with Crippen LogP contribution in [0, 0.1) is 11.3 Å². The molecule has 0 aliphatic carbocycles. The van der Waals surface area contributed by atoms with Crippen LogP contribution < -0.4 is 4.90 Å². The normalized spacial score (nSPS) is 12.6. The molecule has 0 bridgehead atoms. The van der Waals surface area contributed by atoms with Gasteiger partial charge in [0.1, 0.15) is 0 Å². The minimum atomic E-state index is -0.357. The van der Waals surface area contributed by atoms with E-state index in [2.05, 4.69) is 28.8 Å². The van der Waals surface area contributed by atoms with E-state index in [1.54, 1.807) is 6.07 Å². The number of para-hydroxylation sites is 1. The molecule has 0 unspecified atom stereocenters. The zero-order chi connectivity index (χ0) is 29.8. The summed E-state index contributed by atoms with van der Waals surface area (Å²) in [6.45, 7) is 0. The maximum absolute atomic E-state index is 14.2. The van der Waals surface area contributed by atoms with Gasteiger partial charge in [-0.15, -0.1) is 0 Å². The standard InChI is InChI=1S/C39H23N3O2/c40-24-28-11-4-5-12-30(28)27-19-22-32-31-13-6-7-15-34(31)42(36(32)23-27)35-16-8-14-33-37(35)39(44)41(38(33)43)29-20-17-26(18-21-29)25-9-2-1-3-10-25/h1-23H. The smallest absolute Gasteiger partial charge is 0.268 e. The second-order valence-corrected chi connectivity index (χ2v) is 10.8. The molecule has 8 rings (SSSR count). The summed E-state index contributed by atoms with van der Waals surface area (Å²) >= 11 is 0. The lowest BCUT2D eigenvalue weighted by Gasteiger charge is -2.15. The first kappa shape index (κ1) is 25.5. The van der Waals surface area contributed by atoms with Crippen molar-refractivity contribution in [2.24, 2.45) is 0 Å². The predicted octanol–water partition coefficient (Wildman–Crippen LogP) is 8.79. The van der Waals surface area contributed by atoms with E-state index in [0.717, 1.165) is 44.1 Å². The maximum atomic E-state index is 14.2. The Morgan fingerprint density at radius 2 is 1.18 bits per heavy atom. The molecule has 0 spiro atoms. The van der Waals surface area contributed by atoms with Crippen molar-refractivity contribution < 1.29 is 9.59 Å². The quantitative estimate of drug-likeness (QED) is 0.200. The third-order valence-electron chi connectivity index (χ3n) is 8.40. The summed E-state index contributed by atoms with van der Waals surface area (Å²) in [6.07, 6.45) is 0. The fourth-order valence-electron chi connectivity index (χ4n) is 6.35. The van der Waals surface area contributed by atoms with Gasteiger partial charge in [0.25, 0.3) is 11.8 Å². The number of aromatic nitrogens is 1. The summed E-state index contributed by atoms with van der Waals surface area (Å²) in [4.78, 5) is 29.2. The fourth-order valence-corrected chi connectivity index (χ4v) is 6.35. The van der Waals surface area contributed by atoms with E-state index in [1.807, 2.05) is 115 Å². The summed E-state index contributed by atoms with van der Waals surface area (Å²) in [5, 5.41) is 11.8. The first-order chi connectivity index (χ1) is 21.6. The molecule has 0 fully saturated rings. The minimum absolute atomic E-state index is 0.344. The average Bonchev–Trinajstić information content (AvgIpc) is 3.55. The van der Waals surface area contributed by atoms with Gasteiger partial charge in [0.15, 0.2) is 0 Å². The molecule has 0 saturated carbocycles. The highest BCUT2D eigenvalue weighted by atomic mass is 16.2. The number of carbonyl (C=O) groups excluding carboxylic acids is 2. The van der Waals surface area contributed by atoms with Crippen LogP contribution in [0.4, 0.5) is 5.69 Å². The van der Waals surface area contributed by atoms with Crippen LogP contribution >= 0.6 is 0 Å². The first-order valence-corrected chi connectivity index (χ1v) is 14.3. The molecule has 1 aromatic heterocycles. The summed E-state index contributed by atoms with van der Waals surface area (Å²) in [5.74, 6) is -0.700. The van der Waals surface area contributed by atoms with Gasteiger partial charge in [0, 0.05) is 10.8 Å². The lowest BCUT2D eigenvalue weighted by molar-refractivity contribution is 0.0926. The zero-order valence-electron chi connectivity index (χ0n) is 23.4. The van der Waals surface area contributed by atoms with E-state index < -0.39 is 0 Å². The molecule has 5 nitrogen and oxygen atoms in total. The molecule has 1 aliphatic rings. The molecule has 2 amide bonds. The second-order valence-electron chi connectivity index (χ2n) is 10.8. The molecule has 7 aromatic rings. The third kappa shape index (κ3) is 3.79. The van der Waals surface area contributed by atoms with Crippen LogP contribution in [-0.2, 0) is 0 Å². The van der Waals surface area contributed by atoms with Gasteiger partial charge in [-0.05, 0) is 64.7 Å². The van der Waals surface area contributed by atoms with E-state index in [0.29, 0.717) is 28.1 Å². The van der Waals surface area contributed by atoms with Crippen molar-refractivity contribution >= 4 is 39.3 Å². The number of nitrogens with zero attached hydrogens (tertiary/aromatic N) is 3. The molecule has 2 heterocycles. The Balaban J connectivity index is 1.30. The van der Waals surface area contributed by atoms with E-state index in [1.165, 1.54) is 4.90 Å². The monoisotopic (exact) mass is 565 g/mol. The van der Waals surface area contributed by atoms with E-state index in [-0.39, 0.29) is 11.8 Å². The highest BCUT2D eigenvalue weighted by molar-refractivity contribution is 6.35. The van der Waals surface area contributed by atoms with Crippen LogP contribution in [0.1, 0.15) is 26.3 Å². The summed E-state index contributed by atoms with van der Waals surface area (Å²) in [7, 11) is 0. The fraction of sp³-hybridized carbons (Fsp3) is 0. The molecule has 5 heteroatoms. The van der Waals surface area contributed by atoms with Crippen molar-refractivity contribution in [1.29, 1.82) is 5.26 Å². The van der Waals surface area contributed by atoms with Crippen molar-refractivity contribution in [2.75, 3.05) is 4.90 Å². The molecule has 206 valence electrons. The summed E-state index contributed by atoms with van der Waals surface area (Å²) in [5.41, 5.74) is 8.11. The van der Waals surface area contributed by atoms with Crippen LogP contribution in [0.3, 0.4) is 0 Å². The van der Waals surface area contributed by atoms with E-state index in [9.17, 15) is 14.9 Å². The molecule has 0 N–H and O–H groups in total. The van der Waals surface area contributed by atoms with Crippen LogP contribution in [-0.4, -0.2) is 16.4 Å². The van der Waals surface area contributed by atoms with Gasteiger partial charge < -0.3 is 4.57 Å². The summed E-state index contributed by atoms with van der Waals surface area (Å²) < 4.78 is 2.06. The SMILES string of the molecule is N#Cc1ccccc1-c1ccc2c3ccccc3n(-c3cccc4c3C(=O)N(c3ccc(-c5ccccc5)cc3)C4=O)c2c1. The Morgan fingerprint density at radius 1 is 0.523 bits per heavy atom. The van der Waals surface area contributed by atoms with Crippen LogP contribution in [0.2, 0.25) is 0 Å². The molecular formula is C39H23N3O2. The van der Waals surface area contributed by atoms with Crippen molar-refractivity contribution in [1.82, 2.24) is 4.57 Å². The highest BCUT2D eigenvalue weighted by Gasteiger charge is 2.39. The number of imide groups is 1. The summed E-state index contributed by atoms with van der Waals surface area (Å²) in [6, 6.07) is 47.0. The van der Waals surface area contributed by atoms with Crippen LogP contribution in [0.15, 0.2) is 140 Å². The number of hydrogen-bond acceptors (Lipinski definition) is 3. The number of anilines is 1. The van der Waals surface area contributed by atoms with Gasteiger partial charge in [-0.25, -0.2) is 4.90 Å². The Bertz CT molecular complexity index is 2330. The van der Waals surface area contributed by atoms with Gasteiger partial charge in [0.05, 0.1) is 45.2 Å². The third-order valence-corrected chi connectivity index (χ3v) is 8.40. The maximum Gasteiger partial charge on any atom is 0.268 e. The molecule has 0 saturated heterocycles. The van der Waals surface area contributed by atoms with Crippen molar-refractivity contribution in [3.05, 3.63) is 156 Å². The number of rotatable bonds is 4. The molecule has 6 aromatic carbocycles. The number of amides is 2. The minimum Gasteiger partial charge on any atom is -0.308 e. The number of benzene rings is 6. The topological polar surface area (TPSA) is 66.1 Å². The second kappa shape index (κ2) is 9.94. The molecule has 1 aliphatic heterocycles. The Morgan fingerprint density at radius 3 is 2.00 bits per heavy atom. The molecule has 44 heavy (non-hydrogen) atoms. The number of nitriles is 1. The number of fused-ring (bicyclic) bond motifs is 4. The van der Waals surface area contributed by atoms with E-state index in [4.69, 9.17) is 0 Å². The van der Waals surface area contributed by atoms with E-state index >= 15 is 0 Å². The average molecular weight is 566 g/mol. The van der Waals surface area contributed by atoms with Gasteiger partial charge in [-0.1, -0.05) is 97.1 Å². The van der Waals surface area contributed by atoms with Crippen molar-refractivity contribution in [3.63, 3.8) is 0 Å². The lowest BCUT2D eigenvalue weighted by atomic mass is 9.99.